The Labute approximate surface area is 137 Å². The van der Waals surface area contributed by atoms with Crippen molar-refractivity contribution in [3.05, 3.63) is 16.6 Å². The van der Waals surface area contributed by atoms with Gasteiger partial charge in [-0.05, 0) is 25.2 Å². The van der Waals surface area contributed by atoms with Crippen LogP contribution in [0.2, 0.25) is 0 Å². The van der Waals surface area contributed by atoms with Crippen LogP contribution >= 0.6 is 11.3 Å². The first-order chi connectivity index (χ1) is 10.8. The Kier molecular flexibility index (Phi) is 5.84. The highest BCUT2D eigenvalue weighted by Crippen LogP contribution is 2.27. The lowest BCUT2D eigenvalue weighted by Gasteiger charge is -2.26. The molecule has 1 aromatic heterocycles. The summed E-state index contributed by atoms with van der Waals surface area (Å²) < 4.78 is 0. The molecule has 1 amide bonds. The van der Waals surface area contributed by atoms with Crippen LogP contribution in [-0.4, -0.2) is 46.9 Å². The van der Waals surface area contributed by atoms with Gasteiger partial charge in [0.2, 0.25) is 5.91 Å². The van der Waals surface area contributed by atoms with Crippen molar-refractivity contribution in [3.8, 4) is 0 Å². The number of hydrogen-bond donors (Lipinski definition) is 0. The van der Waals surface area contributed by atoms with Crippen LogP contribution in [0.25, 0.3) is 0 Å². The van der Waals surface area contributed by atoms with Gasteiger partial charge in [0.1, 0.15) is 0 Å². The monoisotopic (exact) mass is 321 g/mol. The predicted octanol–water partition coefficient (Wildman–Crippen LogP) is 3.15. The number of aromatic nitrogens is 1. The molecule has 0 radical (unpaired) electrons. The number of carbonyl (C=O) groups excluding carboxylic acids is 1. The smallest absolute Gasteiger partial charge is 0.222 e. The molecule has 1 aromatic rings. The summed E-state index contributed by atoms with van der Waals surface area (Å²) in [6.07, 6.45) is 8.39. The van der Waals surface area contributed by atoms with E-state index in [0.717, 1.165) is 51.3 Å². The molecule has 0 atom stereocenters. The Morgan fingerprint density at radius 1 is 1.14 bits per heavy atom. The van der Waals surface area contributed by atoms with Crippen LogP contribution in [-0.2, 0) is 11.3 Å². The Morgan fingerprint density at radius 3 is 2.77 bits per heavy atom. The Hall–Kier alpha value is -0.940. The second kappa shape index (κ2) is 8.06. The Bertz CT molecular complexity index is 456. The highest BCUT2D eigenvalue weighted by atomic mass is 32.1. The summed E-state index contributed by atoms with van der Waals surface area (Å²) in [6, 6.07) is 0. The van der Waals surface area contributed by atoms with Crippen molar-refractivity contribution in [2.75, 3.05) is 26.2 Å². The van der Waals surface area contributed by atoms with Crippen molar-refractivity contribution in [2.45, 2.75) is 51.5 Å². The first-order valence-electron chi connectivity index (χ1n) is 8.68. The zero-order valence-electron chi connectivity index (χ0n) is 13.4. The third kappa shape index (κ3) is 4.53. The van der Waals surface area contributed by atoms with Crippen LogP contribution in [0.4, 0.5) is 0 Å². The molecule has 3 rings (SSSR count). The Balaban J connectivity index is 1.45. The summed E-state index contributed by atoms with van der Waals surface area (Å²) in [5.74, 6) is 1.04. The number of rotatable bonds is 4. The highest BCUT2D eigenvalue weighted by molar-refractivity contribution is 7.07. The molecule has 22 heavy (non-hydrogen) atoms. The van der Waals surface area contributed by atoms with E-state index < -0.39 is 0 Å². The molecule has 5 heteroatoms. The van der Waals surface area contributed by atoms with E-state index in [1.54, 1.807) is 11.3 Å². The standard InChI is InChI=1S/C17H27N3OS/c21-17(11-15-5-2-1-3-6-15)20-8-4-7-19(9-10-20)12-16-13-22-14-18-16/h13-15H,1-12H2. The van der Waals surface area contributed by atoms with E-state index in [0.29, 0.717) is 11.8 Å². The molecule has 0 bridgehead atoms. The van der Waals surface area contributed by atoms with Gasteiger partial charge in [-0.1, -0.05) is 19.3 Å². The molecule has 1 saturated heterocycles. The molecule has 4 nitrogen and oxygen atoms in total. The second-order valence-electron chi connectivity index (χ2n) is 6.70. The maximum atomic E-state index is 12.5. The van der Waals surface area contributed by atoms with Gasteiger partial charge in [-0.2, -0.15) is 0 Å². The number of amides is 1. The van der Waals surface area contributed by atoms with Gasteiger partial charge in [-0.25, -0.2) is 4.98 Å². The summed E-state index contributed by atoms with van der Waals surface area (Å²) in [6.45, 7) is 4.79. The van der Waals surface area contributed by atoms with E-state index >= 15 is 0 Å². The van der Waals surface area contributed by atoms with E-state index in [1.807, 2.05) is 5.51 Å². The lowest BCUT2D eigenvalue weighted by atomic mass is 9.86. The SMILES string of the molecule is O=C(CC1CCCCC1)N1CCCN(Cc2cscn2)CC1. The third-order valence-electron chi connectivity index (χ3n) is 5.00. The molecule has 0 N–H and O–H groups in total. The van der Waals surface area contributed by atoms with E-state index in [2.05, 4.69) is 20.2 Å². The molecule has 1 saturated carbocycles. The normalized spacial score (nSPS) is 21.7. The molecule has 0 unspecified atom stereocenters. The van der Waals surface area contributed by atoms with Crippen molar-refractivity contribution >= 4 is 17.2 Å². The lowest BCUT2D eigenvalue weighted by molar-refractivity contribution is -0.132. The quantitative estimate of drug-likeness (QED) is 0.855. The number of hydrogen-bond acceptors (Lipinski definition) is 4. The first-order valence-corrected chi connectivity index (χ1v) is 9.63. The highest BCUT2D eigenvalue weighted by Gasteiger charge is 2.23. The van der Waals surface area contributed by atoms with Gasteiger partial charge in [0, 0.05) is 44.5 Å². The molecule has 0 aromatic carbocycles. The van der Waals surface area contributed by atoms with Gasteiger partial charge in [0.05, 0.1) is 11.2 Å². The maximum absolute atomic E-state index is 12.5. The maximum Gasteiger partial charge on any atom is 0.222 e. The van der Waals surface area contributed by atoms with E-state index in [1.165, 1.54) is 32.1 Å². The lowest BCUT2D eigenvalue weighted by Crippen LogP contribution is -2.36. The largest absolute Gasteiger partial charge is 0.341 e. The van der Waals surface area contributed by atoms with Gasteiger partial charge >= 0.3 is 0 Å². The van der Waals surface area contributed by atoms with Crippen molar-refractivity contribution in [3.63, 3.8) is 0 Å². The first kappa shape index (κ1) is 15.9. The zero-order valence-corrected chi connectivity index (χ0v) is 14.2. The predicted molar refractivity (Wildman–Crippen MR) is 89.8 cm³/mol. The molecule has 1 aliphatic heterocycles. The van der Waals surface area contributed by atoms with Crippen molar-refractivity contribution in [1.82, 2.24) is 14.8 Å². The third-order valence-corrected chi connectivity index (χ3v) is 5.63. The minimum Gasteiger partial charge on any atom is -0.341 e. The van der Waals surface area contributed by atoms with E-state index in [9.17, 15) is 4.79 Å². The van der Waals surface area contributed by atoms with Gasteiger partial charge in [0.15, 0.2) is 0 Å². The summed E-state index contributed by atoms with van der Waals surface area (Å²) in [4.78, 5) is 21.4. The van der Waals surface area contributed by atoms with Gasteiger partial charge in [0.25, 0.3) is 0 Å². The van der Waals surface area contributed by atoms with Gasteiger partial charge in [-0.3, -0.25) is 9.69 Å². The molecule has 0 spiro atoms. The fourth-order valence-electron chi connectivity index (χ4n) is 3.69. The number of thiazole rings is 1. The number of nitrogens with zero attached hydrogens (tertiary/aromatic N) is 3. The minimum atomic E-state index is 0.391. The zero-order chi connectivity index (χ0) is 15.2. The number of carbonyl (C=O) groups is 1. The van der Waals surface area contributed by atoms with E-state index in [4.69, 9.17) is 0 Å². The van der Waals surface area contributed by atoms with Crippen LogP contribution in [0.1, 0.15) is 50.6 Å². The second-order valence-corrected chi connectivity index (χ2v) is 7.42. The summed E-state index contributed by atoms with van der Waals surface area (Å²) >= 11 is 1.66. The van der Waals surface area contributed by atoms with Crippen LogP contribution in [0.5, 0.6) is 0 Å². The molecule has 2 aliphatic rings. The average Bonchev–Trinajstić information content (AvgIpc) is 2.92. The Morgan fingerprint density at radius 2 is 2.00 bits per heavy atom. The van der Waals surface area contributed by atoms with Crippen LogP contribution in [0.15, 0.2) is 10.9 Å². The molecule has 2 heterocycles. The van der Waals surface area contributed by atoms with Crippen molar-refractivity contribution in [2.24, 2.45) is 5.92 Å². The van der Waals surface area contributed by atoms with Gasteiger partial charge < -0.3 is 4.90 Å². The van der Waals surface area contributed by atoms with Crippen molar-refractivity contribution < 1.29 is 4.79 Å². The molecule has 122 valence electrons. The molecular formula is C17H27N3OS. The molecular weight excluding hydrogens is 294 g/mol. The minimum absolute atomic E-state index is 0.391. The summed E-state index contributed by atoms with van der Waals surface area (Å²) in [5.41, 5.74) is 3.06. The summed E-state index contributed by atoms with van der Waals surface area (Å²) in [7, 11) is 0. The average molecular weight is 321 g/mol. The topological polar surface area (TPSA) is 36.4 Å². The van der Waals surface area contributed by atoms with Crippen molar-refractivity contribution in [1.29, 1.82) is 0 Å². The molecule has 1 aliphatic carbocycles. The fourth-order valence-corrected chi connectivity index (χ4v) is 4.24. The van der Waals surface area contributed by atoms with Crippen LogP contribution < -0.4 is 0 Å². The summed E-state index contributed by atoms with van der Waals surface area (Å²) in [5, 5.41) is 2.12. The van der Waals surface area contributed by atoms with Crippen LogP contribution in [0.3, 0.4) is 0 Å². The van der Waals surface area contributed by atoms with E-state index in [-0.39, 0.29) is 0 Å². The molecule has 2 fully saturated rings. The van der Waals surface area contributed by atoms with Gasteiger partial charge in [-0.15, -0.1) is 11.3 Å². The fraction of sp³-hybridized carbons (Fsp3) is 0.765. The van der Waals surface area contributed by atoms with Crippen LogP contribution in [0, 0.1) is 5.92 Å².